The van der Waals surface area contributed by atoms with Gasteiger partial charge in [-0.1, -0.05) is 6.92 Å². The molecule has 19 heavy (non-hydrogen) atoms. The highest BCUT2D eigenvalue weighted by Gasteiger charge is 2.39. The number of primary sulfonamides is 1. The molecular formula is C10H16N2O4S3. The van der Waals surface area contributed by atoms with E-state index in [4.69, 9.17) is 9.25 Å². The van der Waals surface area contributed by atoms with E-state index in [0.717, 1.165) is 6.07 Å². The highest BCUT2D eigenvalue weighted by atomic mass is 32.3. The smallest absolute Gasteiger partial charge is 0.247 e. The molecule has 0 saturated heterocycles. The van der Waals surface area contributed by atoms with Crippen LogP contribution in [-0.4, -0.2) is 28.6 Å². The van der Waals surface area contributed by atoms with Crippen molar-refractivity contribution >= 4 is 31.2 Å². The molecule has 0 aromatic carbocycles. The average molecular weight is 327 g/mol. The lowest BCUT2D eigenvalue weighted by atomic mass is 10.1. The first-order valence-corrected chi connectivity index (χ1v) is 9.19. The van der Waals surface area contributed by atoms with Gasteiger partial charge in [-0.05, 0) is 25.9 Å². The second-order valence-corrected chi connectivity index (χ2v) is 9.42. The molecule has 1 aliphatic rings. The summed E-state index contributed by atoms with van der Waals surface area (Å²) in [4.78, 5) is 0. The molecule has 0 fully saturated rings. The lowest BCUT2D eigenvalue weighted by Gasteiger charge is -2.27. The van der Waals surface area contributed by atoms with Gasteiger partial charge in [-0.15, -0.1) is 11.3 Å². The molecule has 0 aliphatic carbocycles. The fourth-order valence-corrected chi connectivity index (χ4v) is 6.13. The Morgan fingerprint density at radius 3 is 2.84 bits per heavy atom. The van der Waals surface area contributed by atoms with E-state index < -0.39 is 37.6 Å². The van der Waals surface area contributed by atoms with E-state index in [1.807, 2.05) is 0 Å². The van der Waals surface area contributed by atoms with E-state index in [0.29, 0.717) is 11.3 Å². The number of nitrogens with one attached hydrogen (secondary N) is 1. The van der Waals surface area contributed by atoms with Crippen molar-refractivity contribution in [2.75, 3.05) is 6.50 Å². The standard InChI is InChI=1S/C10H16N2O4S3/c1-3-12-8-4-6(2)18(13,14)10-7(8)5-9(17-10)19(11,15)16/h5-6,8,12H,3-4H2,1-2H3,(H2,11,15,16)/t6-,8-/m0/s1/i3D2,6D. The van der Waals surface area contributed by atoms with E-state index in [9.17, 15) is 16.8 Å². The van der Waals surface area contributed by atoms with Gasteiger partial charge in [0.1, 0.15) is 8.42 Å². The molecule has 0 bridgehead atoms. The topological polar surface area (TPSA) is 106 Å². The summed E-state index contributed by atoms with van der Waals surface area (Å²) in [5.41, 5.74) is 0.143. The predicted octanol–water partition coefficient (Wildman–Crippen LogP) is 0.612. The highest BCUT2D eigenvalue weighted by Crippen LogP contribution is 2.42. The predicted molar refractivity (Wildman–Crippen MR) is 73.4 cm³/mol. The van der Waals surface area contributed by atoms with Gasteiger partial charge in [0, 0.05) is 15.7 Å². The van der Waals surface area contributed by atoms with Crippen LogP contribution in [0.4, 0.5) is 0 Å². The third-order valence-electron chi connectivity index (χ3n) is 2.87. The van der Waals surface area contributed by atoms with Crippen molar-refractivity contribution in [3.8, 4) is 0 Å². The molecule has 3 N–H and O–H groups in total. The van der Waals surface area contributed by atoms with Crippen LogP contribution in [0, 0.1) is 0 Å². The first kappa shape index (κ1) is 11.2. The number of hydrogen-bond donors (Lipinski definition) is 2. The minimum absolute atomic E-state index is 0.143. The molecule has 1 aliphatic heterocycles. The molecule has 9 heteroatoms. The zero-order chi connectivity index (χ0) is 17.1. The molecule has 0 unspecified atom stereocenters. The fourth-order valence-electron chi connectivity index (χ4n) is 1.93. The van der Waals surface area contributed by atoms with Crippen LogP contribution in [0.1, 0.15) is 36.0 Å². The minimum Gasteiger partial charge on any atom is -0.310 e. The molecule has 108 valence electrons. The molecule has 6 nitrogen and oxygen atoms in total. The largest absolute Gasteiger partial charge is 0.310 e. The Morgan fingerprint density at radius 1 is 1.68 bits per heavy atom. The van der Waals surface area contributed by atoms with Gasteiger partial charge in [0.15, 0.2) is 9.84 Å². The lowest BCUT2D eigenvalue weighted by molar-refractivity contribution is 0.477. The summed E-state index contributed by atoms with van der Waals surface area (Å²) in [5, 5.41) is 5.75. The number of thiophene rings is 1. The fraction of sp³-hybridized carbons (Fsp3) is 0.600. The molecule has 0 saturated carbocycles. The van der Waals surface area contributed by atoms with Gasteiger partial charge in [0.25, 0.3) is 0 Å². The molecular weight excluding hydrogens is 308 g/mol. The Hall–Kier alpha value is -0.480. The van der Waals surface area contributed by atoms with Gasteiger partial charge < -0.3 is 5.32 Å². The van der Waals surface area contributed by atoms with E-state index in [2.05, 4.69) is 5.32 Å². The maximum Gasteiger partial charge on any atom is 0.247 e. The van der Waals surface area contributed by atoms with Crippen molar-refractivity contribution < 1.29 is 20.9 Å². The van der Waals surface area contributed by atoms with Crippen LogP contribution in [0.2, 0.25) is 0 Å². The van der Waals surface area contributed by atoms with Crippen molar-refractivity contribution in [2.24, 2.45) is 5.14 Å². The molecule has 1 aromatic heterocycles. The first-order chi connectivity index (χ1) is 9.65. The Bertz CT molecular complexity index is 809. The number of hydrogen-bond acceptors (Lipinski definition) is 6. The summed E-state index contributed by atoms with van der Waals surface area (Å²) in [5.74, 6) is 0. The molecule has 1 aromatic rings. The lowest BCUT2D eigenvalue weighted by Crippen LogP contribution is -2.33. The summed E-state index contributed by atoms with van der Waals surface area (Å²) in [6.07, 6.45) is -0.198. The monoisotopic (exact) mass is 327 g/mol. The summed E-state index contributed by atoms with van der Waals surface area (Å²) in [6, 6.07) is 0.346. The molecule has 0 amide bonds. The van der Waals surface area contributed by atoms with Crippen LogP contribution in [-0.2, 0) is 19.9 Å². The third-order valence-corrected chi connectivity index (χ3v) is 7.95. The normalized spacial score (nSPS) is 33.0. The van der Waals surface area contributed by atoms with Crippen molar-refractivity contribution in [1.29, 1.82) is 0 Å². The Labute approximate surface area is 121 Å². The van der Waals surface area contributed by atoms with Gasteiger partial charge in [0.2, 0.25) is 10.0 Å². The van der Waals surface area contributed by atoms with Crippen molar-refractivity contribution in [1.82, 2.24) is 5.32 Å². The number of rotatable bonds is 3. The van der Waals surface area contributed by atoms with Crippen LogP contribution in [0.15, 0.2) is 14.5 Å². The van der Waals surface area contributed by atoms with Crippen LogP contribution < -0.4 is 10.5 Å². The van der Waals surface area contributed by atoms with Crippen LogP contribution >= 0.6 is 11.3 Å². The van der Waals surface area contributed by atoms with Crippen LogP contribution in [0.5, 0.6) is 0 Å². The van der Waals surface area contributed by atoms with Crippen molar-refractivity contribution in [3.63, 3.8) is 0 Å². The van der Waals surface area contributed by atoms with Gasteiger partial charge >= 0.3 is 0 Å². The number of fused-ring (bicyclic) bond motifs is 1. The number of nitrogens with two attached hydrogens (primary N) is 1. The first-order valence-electron chi connectivity index (χ1n) is 6.84. The van der Waals surface area contributed by atoms with Gasteiger partial charge in [-0.3, -0.25) is 0 Å². The molecule has 0 radical (unpaired) electrons. The molecule has 2 heterocycles. The van der Waals surface area contributed by atoms with Crippen LogP contribution in [0.3, 0.4) is 0 Å². The quantitative estimate of drug-likeness (QED) is 0.846. The van der Waals surface area contributed by atoms with Gasteiger partial charge in [-0.25, -0.2) is 22.0 Å². The maximum absolute atomic E-state index is 12.4. The van der Waals surface area contributed by atoms with Gasteiger partial charge in [0.05, 0.1) is 5.23 Å². The Balaban J connectivity index is 2.68. The summed E-state index contributed by atoms with van der Waals surface area (Å²) in [6.45, 7) is 0.647. The second-order valence-electron chi connectivity index (χ2n) is 4.21. The summed E-state index contributed by atoms with van der Waals surface area (Å²) < 4.78 is 70.4. The minimum atomic E-state index is -4.08. The average Bonchev–Trinajstić information content (AvgIpc) is 2.68. The molecule has 2 atom stereocenters. The van der Waals surface area contributed by atoms with E-state index in [1.54, 1.807) is 0 Å². The molecule has 0 spiro atoms. The Morgan fingerprint density at radius 2 is 2.32 bits per heavy atom. The van der Waals surface area contributed by atoms with Gasteiger partial charge in [-0.2, -0.15) is 0 Å². The van der Waals surface area contributed by atoms with E-state index in [-0.39, 0.29) is 20.4 Å². The van der Waals surface area contributed by atoms with Crippen LogP contribution in [0.25, 0.3) is 0 Å². The van der Waals surface area contributed by atoms with E-state index in [1.165, 1.54) is 13.8 Å². The van der Waals surface area contributed by atoms with Crippen molar-refractivity contribution in [3.05, 3.63) is 11.6 Å². The Kier molecular flexibility index (Phi) is 2.84. The second kappa shape index (κ2) is 4.81. The third kappa shape index (κ3) is 2.57. The number of sulfone groups is 1. The highest BCUT2D eigenvalue weighted by molar-refractivity contribution is 7.95. The SMILES string of the molecule is [2H]C([2H])(C)N[C@H]1C[C@]([2H])(C)S(=O)(=O)c2sc(S(N)(=O)=O)cc21. The van der Waals surface area contributed by atoms with Crippen molar-refractivity contribution in [2.45, 2.75) is 40.0 Å². The summed E-state index contributed by atoms with van der Waals surface area (Å²) in [7, 11) is -8.13. The zero-order valence-electron chi connectivity index (χ0n) is 13.3. The zero-order valence-corrected chi connectivity index (χ0v) is 12.7. The summed E-state index contributed by atoms with van der Waals surface area (Å²) >= 11 is 0.498. The number of sulfonamides is 1. The maximum atomic E-state index is 12.4. The molecule has 2 rings (SSSR count). The van der Waals surface area contributed by atoms with E-state index >= 15 is 0 Å².